The van der Waals surface area contributed by atoms with Crippen molar-refractivity contribution in [2.45, 2.75) is 18.9 Å². The number of hydrogen-bond acceptors (Lipinski definition) is 6. The Labute approximate surface area is 174 Å². The van der Waals surface area contributed by atoms with Crippen molar-refractivity contribution in [3.63, 3.8) is 0 Å². The number of anilines is 2. The number of piperidine rings is 1. The third-order valence-electron chi connectivity index (χ3n) is 4.85. The third-order valence-corrected chi connectivity index (χ3v) is 6.08. The number of aliphatic hydroxyl groups excluding tert-OH is 2. The molecule has 4 N–H and O–H groups in total. The smallest absolute Gasteiger partial charge is 0.261 e. The second kappa shape index (κ2) is 10.1. The molecule has 2 heterocycles. The summed E-state index contributed by atoms with van der Waals surface area (Å²) in [7, 11) is 0. The SMILES string of the molecule is O=C(NCC(O)CNc1ccc(N2CCCC(CO)C2)cc1)c1ccc(Cl)s1. The van der Waals surface area contributed by atoms with Gasteiger partial charge in [-0.25, -0.2) is 0 Å². The molecule has 1 aliphatic rings. The van der Waals surface area contributed by atoms with Gasteiger partial charge in [0.15, 0.2) is 0 Å². The molecule has 1 aliphatic heterocycles. The number of benzene rings is 1. The second-order valence-corrected chi connectivity index (χ2v) is 8.75. The Morgan fingerprint density at radius 1 is 1.25 bits per heavy atom. The first-order chi connectivity index (χ1) is 13.5. The number of nitrogens with one attached hydrogen (secondary N) is 2. The van der Waals surface area contributed by atoms with Gasteiger partial charge in [-0.2, -0.15) is 0 Å². The van der Waals surface area contributed by atoms with Gasteiger partial charge in [-0.05, 0) is 55.2 Å². The average molecular weight is 424 g/mol. The number of thiophene rings is 1. The molecule has 0 bridgehead atoms. The maximum Gasteiger partial charge on any atom is 0.261 e. The number of hydrogen-bond donors (Lipinski definition) is 4. The molecule has 1 fully saturated rings. The Bertz CT molecular complexity index is 768. The summed E-state index contributed by atoms with van der Waals surface area (Å²) in [5, 5.41) is 25.4. The van der Waals surface area contributed by atoms with Crippen LogP contribution in [0.1, 0.15) is 22.5 Å². The topological polar surface area (TPSA) is 84.8 Å². The molecule has 6 nitrogen and oxygen atoms in total. The van der Waals surface area contributed by atoms with Crippen molar-refractivity contribution < 1.29 is 15.0 Å². The fourth-order valence-corrected chi connectivity index (χ4v) is 4.24. The van der Waals surface area contributed by atoms with Gasteiger partial charge in [-0.3, -0.25) is 4.79 Å². The first-order valence-corrected chi connectivity index (χ1v) is 10.7. The van der Waals surface area contributed by atoms with Crippen LogP contribution in [0.2, 0.25) is 4.34 Å². The molecule has 1 aromatic carbocycles. The van der Waals surface area contributed by atoms with E-state index in [9.17, 15) is 15.0 Å². The Balaban J connectivity index is 1.42. The lowest BCUT2D eigenvalue weighted by Gasteiger charge is -2.33. The van der Waals surface area contributed by atoms with Crippen molar-refractivity contribution in [2.24, 2.45) is 5.92 Å². The number of carbonyl (C=O) groups is 1. The molecule has 0 aliphatic carbocycles. The molecule has 1 aromatic heterocycles. The lowest BCUT2D eigenvalue weighted by molar-refractivity contribution is 0.0926. The highest BCUT2D eigenvalue weighted by Crippen LogP contribution is 2.24. The Kier molecular flexibility index (Phi) is 7.56. The minimum absolute atomic E-state index is 0.162. The van der Waals surface area contributed by atoms with Crippen LogP contribution < -0.4 is 15.5 Å². The van der Waals surface area contributed by atoms with Crippen LogP contribution in [-0.4, -0.2) is 55.0 Å². The van der Waals surface area contributed by atoms with Gasteiger partial charge in [-0.1, -0.05) is 11.6 Å². The molecule has 2 aromatic rings. The average Bonchev–Trinajstić information content (AvgIpc) is 3.17. The summed E-state index contributed by atoms with van der Waals surface area (Å²) in [6, 6.07) is 11.4. The summed E-state index contributed by atoms with van der Waals surface area (Å²) in [4.78, 5) is 14.8. The molecule has 3 rings (SSSR count). The van der Waals surface area contributed by atoms with Gasteiger partial charge in [0.05, 0.1) is 15.3 Å². The van der Waals surface area contributed by atoms with Gasteiger partial charge in [0.25, 0.3) is 5.91 Å². The van der Waals surface area contributed by atoms with Crippen LogP contribution in [-0.2, 0) is 0 Å². The first-order valence-electron chi connectivity index (χ1n) is 9.46. The largest absolute Gasteiger partial charge is 0.396 e. The minimum atomic E-state index is -0.702. The van der Waals surface area contributed by atoms with Crippen LogP contribution in [0.3, 0.4) is 0 Å². The van der Waals surface area contributed by atoms with E-state index in [1.165, 1.54) is 11.3 Å². The molecule has 152 valence electrons. The number of aliphatic hydroxyl groups is 2. The summed E-state index contributed by atoms with van der Waals surface area (Å²) in [6.07, 6.45) is 1.48. The van der Waals surface area contributed by atoms with Gasteiger partial charge >= 0.3 is 0 Å². The van der Waals surface area contributed by atoms with Gasteiger partial charge in [0.2, 0.25) is 0 Å². The highest BCUT2D eigenvalue weighted by molar-refractivity contribution is 7.17. The molecule has 0 spiro atoms. The Morgan fingerprint density at radius 3 is 2.71 bits per heavy atom. The van der Waals surface area contributed by atoms with Crippen molar-refractivity contribution >= 4 is 40.2 Å². The van der Waals surface area contributed by atoms with Crippen LogP contribution in [0, 0.1) is 5.92 Å². The van der Waals surface area contributed by atoms with E-state index in [1.54, 1.807) is 12.1 Å². The van der Waals surface area contributed by atoms with Crippen LogP contribution in [0.15, 0.2) is 36.4 Å². The van der Waals surface area contributed by atoms with Crippen molar-refractivity contribution in [3.05, 3.63) is 45.6 Å². The lowest BCUT2D eigenvalue weighted by atomic mass is 9.98. The van der Waals surface area contributed by atoms with E-state index in [4.69, 9.17) is 11.6 Å². The van der Waals surface area contributed by atoms with Gasteiger partial charge in [0.1, 0.15) is 0 Å². The highest BCUT2D eigenvalue weighted by atomic mass is 35.5. The van der Waals surface area contributed by atoms with Gasteiger partial charge < -0.3 is 25.7 Å². The third kappa shape index (κ3) is 5.85. The van der Waals surface area contributed by atoms with Crippen molar-refractivity contribution in [1.82, 2.24) is 5.32 Å². The second-order valence-electron chi connectivity index (χ2n) is 7.03. The molecule has 2 atom stereocenters. The maximum atomic E-state index is 12.0. The van der Waals surface area contributed by atoms with Gasteiger partial charge in [-0.15, -0.1) is 11.3 Å². The van der Waals surface area contributed by atoms with E-state index in [0.29, 0.717) is 21.7 Å². The van der Waals surface area contributed by atoms with E-state index < -0.39 is 6.10 Å². The summed E-state index contributed by atoms with van der Waals surface area (Å²) in [6.45, 7) is 2.63. The molecule has 0 saturated carbocycles. The molecule has 2 unspecified atom stereocenters. The van der Waals surface area contributed by atoms with Crippen molar-refractivity contribution in [1.29, 1.82) is 0 Å². The van der Waals surface area contributed by atoms with Crippen molar-refractivity contribution in [3.8, 4) is 0 Å². The number of rotatable bonds is 8. The molecule has 1 amide bonds. The van der Waals surface area contributed by atoms with Gasteiger partial charge in [0, 0.05) is 44.2 Å². The summed E-state index contributed by atoms with van der Waals surface area (Å²) >= 11 is 7.04. The molecular weight excluding hydrogens is 398 g/mol. The molecule has 8 heteroatoms. The number of carbonyl (C=O) groups excluding carboxylic acids is 1. The Morgan fingerprint density at radius 2 is 2.04 bits per heavy atom. The first kappa shape index (κ1) is 20.9. The molecular formula is C20H26ClN3O3S. The predicted molar refractivity (Wildman–Crippen MR) is 115 cm³/mol. The van der Waals surface area contributed by atoms with Crippen LogP contribution >= 0.6 is 22.9 Å². The zero-order valence-electron chi connectivity index (χ0n) is 15.6. The number of halogens is 1. The molecule has 28 heavy (non-hydrogen) atoms. The van der Waals surface area contributed by atoms with Crippen molar-refractivity contribution in [2.75, 3.05) is 43.0 Å². The normalized spacial score (nSPS) is 18.0. The molecule has 1 saturated heterocycles. The summed E-state index contributed by atoms with van der Waals surface area (Å²) < 4.78 is 0.562. The van der Waals surface area contributed by atoms with Crippen LogP contribution in [0.25, 0.3) is 0 Å². The van der Waals surface area contributed by atoms with E-state index in [0.717, 1.165) is 37.3 Å². The number of nitrogens with zero attached hydrogens (tertiary/aromatic N) is 1. The fraction of sp³-hybridized carbons (Fsp3) is 0.450. The van der Waals surface area contributed by atoms with Crippen LogP contribution in [0.4, 0.5) is 11.4 Å². The minimum Gasteiger partial charge on any atom is -0.396 e. The fourth-order valence-electron chi connectivity index (χ4n) is 3.28. The summed E-state index contributed by atoms with van der Waals surface area (Å²) in [5.41, 5.74) is 2.06. The van der Waals surface area contributed by atoms with E-state index in [1.807, 2.05) is 12.1 Å². The highest BCUT2D eigenvalue weighted by Gasteiger charge is 2.19. The predicted octanol–water partition coefficient (Wildman–Crippen LogP) is 2.81. The summed E-state index contributed by atoms with van der Waals surface area (Å²) in [5.74, 6) is 0.116. The zero-order valence-corrected chi connectivity index (χ0v) is 17.2. The maximum absolute atomic E-state index is 12.0. The Hall–Kier alpha value is -1.80. The number of amides is 1. The van der Waals surface area contributed by atoms with E-state index >= 15 is 0 Å². The monoisotopic (exact) mass is 423 g/mol. The molecule has 0 radical (unpaired) electrons. The van der Waals surface area contributed by atoms with E-state index in [-0.39, 0.29) is 19.1 Å². The quantitative estimate of drug-likeness (QED) is 0.524. The van der Waals surface area contributed by atoms with E-state index in [2.05, 4.69) is 27.7 Å². The zero-order chi connectivity index (χ0) is 19.9. The standard InChI is InChI=1S/C20H26ClN3O3S/c21-19-8-7-18(28-19)20(27)23-11-17(26)10-22-15-3-5-16(6-4-15)24-9-1-2-14(12-24)13-25/h3-8,14,17,22,25-26H,1-2,9-13H2,(H,23,27). The van der Waals surface area contributed by atoms with Crippen LogP contribution in [0.5, 0.6) is 0 Å². The lowest BCUT2D eigenvalue weighted by Crippen LogP contribution is -2.36.